The van der Waals surface area contributed by atoms with Gasteiger partial charge in [0.2, 0.25) is 6.79 Å². The van der Waals surface area contributed by atoms with E-state index in [0.29, 0.717) is 33.6 Å². The minimum Gasteiger partial charge on any atom is -0.454 e. The Kier molecular flexibility index (Phi) is 3.08. The Morgan fingerprint density at radius 2 is 2.05 bits per heavy atom. The summed E-state index contributed by atoms with van der Waals surface area (Å²) in [5, 5.41) is 3.03. The first kappa shape index (κ1) is 12.6. The monoisotopic (exact) mass is 291 g/mol. The van der Waals surface area contributed by atoms with Crippen molar-refractivity contribution in [1.29, 1.82) is 0 Å². The summed E-state index contributed by atoms with van der Waals surface area (Å²) >= 11 is 5.68. The zero-order chi connectivity index (χ0) is 14.1. The number of aromatic nitrogens is 1. The molecular weight excluding hydrogens is 282 g/mol. The Hall–Kier alpha value is -2.47. The minimum atomic E-state index is -0.357. The van der Waals surface area contributed by atoms with Crippen LogP contribution in [-0.4, -0.2) is 17.7 Å². The maximum atomic E-state index is 12.2. The maximum absolute atomic E-state index is 12.2. The van der Waals surface area contributed by atoms with E-state index in [1.807, 2.05) is 0 Å². The molecule has 1 amide bonds. The number of nitrogen functional groups attached to an aromatic ring is 1. The van der Waals surface area contributed by atoms with Crippen molar-refractivity contribution in [2.45, 2.75) is 0 Å². The number of rotatable bonds is 2. The van der Waals surface area contributed by atoms with Crippen LogP contribution in [0.25, 0.3) is 0 Å². The maximum Gasteiger partial charge on any atom is 0.257 e. The fraction of sp³-hybridized carbons (Fsp3) is 0.0769. The number of nitrogens with zero attached hydrogens (tertiary/aromatic N) is 1. The fourth-order valence-corrected chi connectivity index (χ4v) is 1.91. The molecule has 0 atom stereocenters. The van der Waals surface area contributed by atoms with Crippen LogP contribution in [0.1, 0.15) is 10.4 Å². The largest absolute Gasteiger partial charge is 0.454 e. The van der Waals surface area contributed by atoms with Gasteiger partial charge in [0.25, 0.3) is 5.91 Å². The number of nitrogens with one attached hydrogen (secondary N) is 1. The Balaban J connectivity index is 1.85. The quantitative estimate of drug-likeness (QED) is 0.655. The Morgan fingerprint density at radius 3 is 2.75 bits per heavy atom. The molecule has 3 rings (SSSR count). The number of fused-ring (bicyclic) bond motifs is 1. The molecule has 0 fully saturated rings. The Morgan fingerprint density at radius 1 is 1.30 bits per heavy atom. The van der Waals surface area contributed by atoms with Gasteiger partial charge in [0, 0.05) is 11.8 Å². The predicted octanol–water partition coefficient (Wildman–Crippen LogP) is 2.30. The van der Waals surface area contributed by atoms with E-state index in [1.165, 1.54) is 6.20 Å². The topological polar surface area (TPSA) is 86.5 Å². The molecule has 0 saturated heterocycles. The van der Waals surface area contributed by atoms with Crippen molar-refractivity contribution in [3.63, 3.8) is 0 Å². The second kappa shape index (κ2) is 4.90. The van der Waals surface area contributed by atoms with Crippen LogP contribution in [0.2, 0.25) is 5.15 Å². The highest BCUT2D eigenvalue weighted by Gasteiger charge is 2.19. The lowest BCUT2D eigenvalue weighted by Crippen LogP contribution is -2.14. The third kappa shape index (κ3) is 2.33. The van der Waals surface area contributed by atoms with Crippen molar-refractivity contribution in [3.05, 3.63) is 41.2 Å². The number of amides is 1. The molecule has 0 unspecified atom stereocenters. The van der Waals surface area contributed by atoms with Crippen molar-refractivity contribution in [3.8, 4) is 11.5 Å². The van der Waals surface area contributed by atoms with E-state index in [-0.39, 0.29) is 12.7 Å². The van der Waals surface area contributed by atoms with Crippen LogP contribution in [0, 0.1) is 0 Å². The number of anilines is 2. The van der Waals surface area contributed by atoms with Gasteiger partial charge in [0.05, 0.1) is 17.4 Å². The molecule has 7 heteroatoms. The summed E-state index contributed by atoms with van der Waals surface area (Å²) in [5.74, 6) is 0.677. The summed E-state index contributed by atoms with van der Waals surface area (Å²) in [6.45, 7) is 0.126. The second-order valence-electron chi connectivity index (χ2n) is 4.12. The van der Waals surface area contributed by atoms with Gasteiger partial charge in [0.15, 0.2) is 11.5 Å². The molecule has 0 radical (unpaired) electrons. The standard InChI is InChI=1S/C13H10ClN3O3/c14-12-2-1-7(5-16-12)17-13(18)8-3-10-11(4-9(8)15)20-6-19-10/h1-5H,6,15H2,(H,17,18). The third-order valence-electron chi connectivity index (χ3n) is 2.77. The lowest BCUT2D eigenvalue weighted by molar-refractivity contribution is 0.102. The SMILES string of the molecule is Nc1cc2c(cc1C(=O)Nc1ccc(Cl)nc1)OCO2. The average Bonchev–Trinajstić information content (AvgIpc) is 2.87. The van der Waals surface area contributed by atoms with Gasteiger partial charge >= 0.3 is 0 Å². The molecule has 1 aliphatic rings. The van der Waals surface area contributed by atoms with Gasteiger partial charge < -0.3 is 20.5 Å². The normalized spacial score (nSPS) is 12.2. The first-order valence-corrected chi connectivity index (χ1v) is 6.13. The molecule has 2 heterocycles. The Labute approximate surface area is 119 Å². The molecular formula is C13H10ClN3O3. The van der Waals surface area contributed by atoms with Crippen molar-refractivity contribution >= 4 is 28.9 Å². The number of nitrogens with two attached hydrogens (primary N) is 1. The highest BCUT2D eigenvalue weighted by Crippen LogP contribution is 2.36. The van der Waals surface area contributed by atoms with Gasteiger partial charge in [-0.15, -0.1) is 0 Å². The molecule has 0 bridgehead atoms. The van der Waals surface area contributed by atoms with Crippen LogP contribution in [-0.2, 0) is 0 Å². The van der Waals surface area contributed by atoms with Crippen LogP contribution in [0.5, 0.6) is 11.5 Å². The zero-order valence-corrected chi connectivity index (χ0v) is 11.0. The molecule has 102 valence electrons. The summed E-state index contributed by atoms with van der Waals surface area (Å²) in [7, 11) is 0. The summed E-state index contributed by atoms with van der Waals surface area (Å²) < 4.78 is 10.4. The fourth-order valence-electron chi connectivity index (χ4n) is 1.80. The summed E-state index contributed by atoms with van der Waals surface area (Å²) in [5.41, 5.74) is 6.99. The average molecular weight is 292 g/mol. The van der Waals surface area contributed by atoms with Crippen LogP contribution in [0.15, 0.2) is 30.5 Å². The Bertz CT molecular complexity index is 673. The van der Waals surface area contributed by atoms with E-state index in [0.717, 1.165) is 0 Å². The molecule has 0 saturated carbocycles. The van der Waals surface area contributed by atoms with Crippen molar-refractivity contribution in [2.75, 3.05) is 17.8 Å². The number of hydrogen-bond acceptors (Lipinski definition) is 5. The number of pyridine rings is 1. The molecule has 20 heavy (non-hydrogen) atoms. The molecule has 1 aliphatic heterocycles. The van der Waals surface area contributed by atoms with E-state index < -0.39 is 0 Å². The molecule has 1 aromatic carbocycles. The first-order valence-electron chi connectivity index (χ1n) is 5.75. The van der Waals surface area contributed by atoms with E-state index >= 15 is 0 Å². The van der Waals surface area contributed by atoms with Gasteiger partial charge in [-0.2, -0.15) is 0 Å². The molecule has 1 aromatic heterocycles. The number of benzene rings is 1. The van der Waals surface area contributed by atoms with E-state index in [9.17, 15) is 4.79 Å². The van der Waals surface area contributed by atoms with E-state index in [1.54, 1.807) is 24.3 Å². The van der Waals surface area contributed by atoms with Crippen LogP contribution in [0.4, 0.5) is 11.4 Å². The van der Waals surface area contributed by atoms with Crippen molar-refractivity contribution in [1.82, 2.24) is 4.98 Å². The van der Waals surface area contributed by atoms with Gasteiger partial charge in [-0.1, -0.05) is 11.6 Å². The smallest absolute Gasteiger partial charge is 0.257 e. The molecule has 3 N–H and O–H groups in total. The van der Waals surface area contributed by atoms with E-state index in [4.69, 9.17) is 26.8 Å². The van der Waals surface area contributed by atoms with Gasteiger partial charge in [-0.3, -0.25) is 4.79 Å². The van der Waals surface area contributed by atoms with Gasteiger partial charge in [-0.25, -0.2) is 4.98 Å². The van der Waals surface area contributed by atoms with Crippen LogP contribution in [0.3, 0.4) is 0 Å². The van der Waals surface area contributed by atoms with Crippen LogP contribution < -0.4 is 20.5 Å². The first-order chi connectivity index (χ1) is 9.63. The van der Waals surface area contributed by atoms with E-state index in [2.05, 4.69) is 10.3 Å². The number of ether oxygens (including phenoxy) is 2. The number of carbonyl (C=O) groups excluding carboxylic acids is 1. The second-order valence-corrected chi connectivity index (χ2v) is 4.50. The lowest BCUT2D eigenvalue weighted by Gasteiger charge is -2.08. The molecule has 0 spiro atoms. The van der Waals surface area contributed by atoms with Crippen LogP contribution >= 0.6 is 11.6 Å². The molecule has 0 aliphatic carbocycles. The number of carbonyl (C=O) groups is 1. The highest BCUT2D eigenvalue weighted by atomic mass is 35.5. The van der Waals surface area contributed by atoms with Gasteiger partial charge in [0.1, 0.15) is 5.15 Å². The van der Waals surface area contributed by atoms with Crippen molar-refractivity contribution < 1.29 is 14.3 Å². The predicted molar refractivity (Wildman–Crippen MR) is 74.2 cm³/mol. The minimum absolute atomic E-state index is 0.126. The third-order valence-corrected chi connectivity index (χ3v) is 3.00. The molecule has 2 aromatic rings. The summed E-state index contributed by atoms with van der Waals surface area (Å²) in [4.78, 5) is 16.1. The molecule has 6 nitrogen and oxygen atoms in total. The van der Waals surface area contributed by atoms with Gasteiger partial charge in [-0.05, 0) is 18.2 Å². The summed E-state index contributed by atoms with van der Waals surface area (Å²) in [6, 6.07) is 6.35. The zero-order valence-electron chi connectivity index (χ0n) is 10.2. The number of halogens is 1. The van der Waals surface area contributed by atoms with Crippen molar-refractivity contribution in [2.24, 2.45) is 0 Å². The number of hydrogen-bond donors (Lipinski definition) is 2. The summed E-state index contributed by atoms with van der Waals surface area (Å²) in [6.07, 6.45) is 1.46. The lowest BCUT2D eigenvalue weighted by atomic mass is 10.1. The highest BCUT2D eigenvalue weighted by molar-refractivity contribution is 6.29.